The molecule has 1 aromatic carbocycles. The lowest BCUT2D eigenvalue weighted by atomic mass is 10.3. The Labute approximate surface area is 98.0 Å². The molecule has 0 saturated heterocycles. The molecule has 90 valence electrons. The maximum atomic E-state index is 9.18. The zero-order chi connectivity index (χ0) is 12.2. The van der Waals surface area contributed by atoms with E-state index in [2.05, 4.69) is 47.7 Å². The van der Waals surface area contributed by atoms with Crippen LogP contribution >= 0.6 is 0 Å². The molecule has 0 heterocycles. The normalized spacial score (nSPS) is 8.69. The highest BCUT2D eigenvalue weighted by atomic mass is 16.5. The van der Waals surface area contributed by atoms with E-state index in [0.717, 1.165) is 13.1 Å². The molecule has 0 atom stereocenters. The molecule has 0 radical (unpaired) electrons. The summed E-state index contributed by atoms with van der Waals surface area (Å²) < 4.78 is 4.15. The summed E-state index contributed by atoms with van der Waals surface area (Å²) in [6.07, 6.45) is 0. The Morgan fingerprint density at radius 2 is 1.69 bits per heavy atom. The van der Waals surface area contributed by atoms with E-state index >= 15 is 0 Å². The second kappa shape index (κ2) is 10.0. The van der Waals surface area contributed by atoms with Crippen LogP contribution in [0.3, 0.4) is 0 Å². The first-order chi connectivity index (χ1) is 7.79. The summed E-state index contributed by atoms with van der Waals surface area (Å²) in [5.41, 5.74) is 1.32. The Morgan fingerprint density at radius 1 is 1.12 bits per heavy atom. The van der Waals surface area contributed by atoms with Crippen molar-refractivity contribution in [2.45, 2.75) is 20.8 Å². The van der Waals surface area contributed by atoms with Gasteiger partial charge in [-0.2, -0.15) is 0 Å². The molecule has 0 saturated carbocycles. The van der Waals surface area contributed by atoms with Gasteiger partial charge in [-0.3, -0.25) is 4.79 Å². The Hall–Kier alpha value is -1.51. The van der Waals surface area contributed by atoms with Crippen LogP contribution in [0.1, 0.15) is 20.8 Å². The summed E-state index contributed by atoms with van der Waals surface area (Å²) in [5.74, 6) is 0. The Bertz CT molecular complexity index is 258. The van der Waals surface area contributed by atoms with Crippen LogP contribution < -0.4 is 4.90 Å². The third kappa shape index (κ3) is 6.06. The fourth-order valence-electron chi connectivity index (χ4n) is 1.30. The van der Waals surface area contributed by atoms with Crippen LogP contribution in [0.25, 0.3) is 0 Å². The lowest BCUT2D eigenvalue weighted by molar-refractivity contribution is -0.128. The van der Waals surface area contributed by atoms with Gasteiger partial charge in [0.1, 0.15) is 0 Å². The van der Waals surface area contributed by atoms with E-state index in [1.165, 1.54) is 5.69 Å². The van der Waals surface area contributed by atoms with Gasteiger partial charge < -0.3 is 9.64 Å². The molecular weight excluding hydrogens is 202 g/mol. The van der Waals surface area contributed by atoms with E-state index in [-0.39, 0.29) is 0 Å². The van der Waals surface area contributed by atoms with Gasteiger partial charge in [0.15, 0.2) is 0 Å². The highest BCUT2D eigenvalue weighted by Crippen LogP contribution is 2.11. The number of carbonyl (C=O) groups excluding carboxylic acids is 1. The zero-order valence-electron chi connectivity index (χ0n) is 10.3. The van der Waals surface area contributed by atoms with Crippen molar-refractivity contribution in [3.8, 4) is 0 Å². The van der Waals surface area contributed by atoms with Crippen molar-refractivity contribution in [1.29, 1.82) is 0 Å². The predicted octanol–water partition coefficient (Wildman–Crippen LogP) is 2.71. The average Bonchev–Trinajstić information content (AvgIpc) is 2.34. The second-order valence-electron chi connectivity index (χ2n) is 3.06. The van der Waals surface area contributed by atoms with E-state index in [1.807, 2.05) is 6.07 Å². The van der Waals surface area contributed by atoms with Crippen LogP contribution in [-0.2, 0) is 9.53 Å². The molecule has 0 spiro atoms. The molecule has 1 rings (SSSR count). The zero-order valence-corrected chi connectivity index (χ0v) is 10.3. The molecule has 0 aliphatic carbocycles. The predicted molar refractivity (Wildman–Crippen MR) is 67.7 cm³/mol. The Balaban J connectivity index is 0.000000385. The fourth-order valence-corrected chi connectivity index (χ4v) is 1.30. The molecule has 0 aromatic heterocycles. The van der Waals surface area contributed by atoms with Crippen molar-refractivity contribution in [3.63, 3.8) is 0 Å². The van der Waals surface area contributed by atoms with Gasteiger partial charge in [0.05, 0.1) is 6.61 Å². The summed E-state index contributed by atoms with van der Waals surface area (Å²) in [6.45, 7) is 9.19. The van der Waals surface area contributed by atoms with Gasteiger partial charge in [-0.1, -0.05) is 18.2 Å². The molecular formula is C13H21NO2. The van der Waals surface area contributed by atoms with Gasteiger partial charge in [0.2, 0.25) is 0 Å². The summed E-state index contributed by atoms with van der Waals surface area (Å²) >= 11 is 0. The minimum atomic E-state index is 0.431. The highest BCUT2D eigenvalue weighted by Gasteiger charge is 1.97. The fraction of sp³-hybridized carbons (Fsp3) is 0.462. The van der Waals surface area contributed by atoms with Gasteiger partial charge in [0.25, 0.3) is 6.47 Å². The van der Waals surface area contributed by atoms with Crippen molar-refractivity contribution in [3.05, 3.63) is 30.3 Å². The minimum absolute atomic E-state index is 0.431. The lowest BCUT2D eigenvalue weighted by Gasteiger charge is -2.20. The quantitative estimate of drug-likeness (QED) is 0.719. The minimum Gasteiger partial charge on any atom is -0.468 e. The smallest absolute Gasteiger partial charge is 0.293 e. The van der Waals surface area contributed by atoms with Gasteiger partial charge in [-0.25, -0.2) is 0 Å². The van der Waals surface area contributed by atoms with E-state index in [4.69, 9.17) is 0 Å². The summed E-state index contributed by atoms with van der Waals surface area (Å²) in [7, 11) is 0. The number of benzene rings is 1. The summed E-state index contributed by atoms with van der Waals surface area (Å²) in [5, 5.41) is 0. The van der Waals surface area contributed by atoms with Crippen LogP contribution in [0, 0.1) is 0 Å². The molecule has 1 aromatic rings. The maximum Gasteiger partial charge on any atom is 0.293 e. The Kier molecular flexibility index (Phi) is 9.08. The van der Waals surface area contributed by atoms with Gasteiger partial charge in [0, 0.05) is 18.8 Å². The van der Waals surface area contributed by atoms with E-state index < -0.39 is 0 Å². The number of hydrogen-bond acceptors (Lipinski definition) is 3. The molecule has 16 heavy (non-hydrogen) atoms. The van der Waals surface area contributed by atoms with Crippen LogP contribution in [0.5, 0.6) is 0 Å². The van der Waals surface area contributed by atoms with Crippen molar-refractivity contribution < 1.29 is 9.53 Å². The lowest BCUT2D eigenvalue weighted by Crippen LogP contribution is -2.21. The highest BCUT2D eigenvalue weighted by molar-refractivity contribution is 5.45. The largest absolute Gasteiger partial charge is 0.468 e. The van der Waals surface area contributed by atoms with Crippen molar-refractivity contribution in [2.75, 3.05) is 24.6 Å². The van der Waals surface area contributed by atoms with Crippen LogP contribution in [0.4, 0.5) is 5.69 Å². The van der Waals surface area contributed by atoms with E-state index in [0.29, 0.717) is 13.1 Å². The standard InChI is InChI=1S/C10H15N.C3H6O2/c1-3-11(4-2)10-8-6-5-7-9-10;1-2-5-3-4/h5-9H,3-4H2,1-2H3;3H,2H2,1H3. The SMILES string of the molecule is CCN(CC)c1ccccc1.CCOC=O. The molecule has 3 heteroatoms. The average molecular weight is 223 g/mol. The maximum absolute atomic E-state index is 9.18. The molecule has 0 unspecified atom stereocenters. The number of nitrogens with zero attached hydrogens (tertiary/aromatic N) is 1. The molecule has 0 bridgehead atoms. The third-order valence-electron chi connectivity index (χ3n) is 2.12. The number of rotatable bonds is 5. The van der Waals surface area contributed by atoms with E-state index in [9.17, 15) is 4.79 Å². The number of hydrogen-bond donors (Lipinski definition) is 0. The molecule has 0 aliphatic rings. The first-order valence-corrected chi connectivity index (χ1v) is 5.65. The van der Waals surface area contributed by atoms with Crippen molar-refractivity contribution in [2.24, 2.45) is 0 Å². The number of anilines is 1. The molecule has 0 amide bonds. The van der Waals surface area contributed by atoms with Crippen molar-refractivity contribution in [1.82, 2.24) is 0 Å². The molecule has 0 fully saturated rings. The molecule has 3 nitrogen and oxygen atoms in total. The monoisotopic (exact) mass is 223 g/mol. The Morgan fingerprint density at radius 3 is 2.00 bits per heavy atom. The van der Waals surface area contributed by atoms with Crippen LogP contribution in [0.2, 0.25) is 0 Å². The number of ether oxygens (including phenoxy) is 1. The number of carbonyl (C=O) groups is 1. The van der Waals surface area contributed by atoms with Crippen LogP contribution in [-0.4, -0.2) is 26.2 Å². The number of para-hydroxylation sites is 1. The molecule has 0 aliphatic heterocycles. The summed E-state index contributed by atoms with van der Waals surface area (Å²) in [6, 6.07) is 10.5. The topological polar surface area (TPSA) is 29.5 Å². The van der Waals surface area contributed by atoms with Gasteiger partial charge in [-0.05, 0) is 32.9 Å². The summed E-state index contributed by atoms with van der Waals surface area (Å²) in [4.78, 5) is 11.5. The van der Waals surface area contributed by atoms with E-state index in [1.54, 1.807) is 6.92 Å². The molecule has 0 N–H and O–H groups in total. The first-order valence-electron chi connectivity index (χ1n) is 5.65. The first kappa shape index (κ1) is 14.5. The van der Waals surface area contributed by atoms with Crippen LogP contribution in [0.15, 0.2) is 30.3 Å². The van der Waals surface area contributed by atoms with Crippen molar-refractivity contribution >= 4 is 12.2 Å². The van der Waals surface area contributed by atoms with Gasteiger partial charge in [-0.15, -0.1) is 0 Å². The van der Waals surface area contributed by atoms with Gasteiger partial charge >= 0.3 is 0 Å². The third-order valence-corrected chi connectivity index (χ3v) is 2.12. The second-order valence-corrected chi connectivity index (χ2v) is 3.06.